The molecule has 1 aliphatic heterocycles. The van der Waals surface area contributed by atoms with Crippen LogP contribution in [0.15, 0.2) is 24.3 Å². The first-order valence-corrected chi connectivity index (χ1v) is 7.49. The lowest BCUT2D eigenvalue weighted by Crippen LogP contribution is -2.44. The van der Waals surface area contributed by atoms with Gasteiger partial charge in [0.05, 0.1) is 13.0 Å². The molecule has 0 unspecified atom stereocenters. The number of amides is 1. The second-order valence-electron chi connectivity index (χ2n) is 5.74. The number of hydrogen-bond acceptors (Lipinski definition) is 4. The Kier molecular flexibility index (Phi) is 5.44. The zero-order valence-corrected chi connectivity index (χ0v) is 12.9. The quantitative estimate of drug-likeness (QED) is 0.837. The van der Waals surface area contributed by atoms with Gasteiger partial charge in [0.15, 0.2) is 0 Å². The number of hydrogen-bond donors (Lipinski definition) is 1. The molecule has 1 heterocycles. The molecule has 0 saturated carbocycles. The van der Waals surface area contributed by atoms with Gasteiger partial charge in [0, 0.05) is 24.8 Å². The third-order valence-corrected chi connectivity index (χ3v) is 4.01. The third-order valence-electron chi connectivity index (χ3n) is 4.01. The van der Waals surface area contributed by atoms with Crippen LogP contribution in [-0.4, -0.2) is 55.5 Å². The minimum Gasteiger partial charge on any atom is -0.493 e. The Labute approximate surface area is 126 Å². The molecule has 1 fully saturated rings. The number of carbonyl (C=O) groups is 1. The van der Waals surface area contributed by atoms with Gasteiger partial charge in [-0.25, -0.2) is 0 Å². The first-order chi connectivity index (χ1) is 10.1. The normalized spacial score (nSPS) is 16.2. The number of piperidine rings is 1. The monoisotopic (exact) mass is 291 g/mol. The predicted octanol–water partition coefficient (Wildman–Crippen LogP) is 1.59. The van der Waals surface area contributed by atoms with Crippen LogP contribution in [0.3, 0.4) is 0 Å². The number of ether oxygens (including phenoxy) is 1. The minimum atomic E-state index is 0.183. The molecule has 5 heteroatoms. The maximum Gasteiger partial charge on any atom is 0.225 e. The largest absolute Gasteiger partial charge is 0.493 e. The number of rotatable bonds is 5. The molecule has 1 aromatic rings. The summed E-state index contributed by atoms with van der Waals surface area (Å²) in [5, 5.41) is 0. The Hall–Kier alpha value is -1.75. The standard InChI is InChI=1S/C16H25N3O2/c1-18(2)14-7-10-19(11-8-14)16(20)9-12-21-15-5-3-13(17)4-6-15/h3-6,14H,7-12,17H2,1-2H3. The van der Waals surface area contributed by atoms with E-state index in [1.165, 1.54) is 0 Å². The summed E-state index contributed by atoms with van der Waals surface area (Å²) in [6.45, 7) is 2.11. The Bertz CT molecular complexity index is 451. The molecule has 1 saturated heterocycles. The van der Waals surface area contributed by atoms with Crippen molar-refractivity contribution in [1.82, 2.24) is 9.80 Å². The molecule has 0 radical (unpaired) electrons. The van der Waals surface area contributed by atoms with Crippen molar-refractivity contribution in [3.05, 3.63) is 24.3 Å². The van der Waals surface area contributed by atoms with E-state index in [-0.39, 0.29) is 5.91 Å². The number of carbonyl (C=O) groups excluding carboxylic acids is 1. The summed E-state index contributed by atoms with van der Waals surface area (Å²) in [5.74, 6) is 0.936. The summed E-state index contributed by atoms with van der Waals surface area (Å²) in [7, 11) is 4.20. The molecule has 2 rings (SSSR count). The van der Waals surface area contributed by atoms with E-state index in [2.05, 4.69) is 19.0 Å². The van der Waals surface area contributed by atoms with Gasteiger partial charge in [0.25, 0.3) is 0 Å². The molecular formula is C16H25N3O2. The van der Waals surface area contributed by atoms with Crippen molar-refractivity contribution in [2.75, 3.05) is 39.5 Å². The Balaban J connectivity index is 1.69. The average Bonchev–Trinajstić information content (AvgIpc) is 2.49. The van der Waals surface area contributed by atoms with Gasteiger partial charge in [0.1, 0.15) is 5.75 Å². The molecule has 0 spiro atoms. The van der Waals surface area contributed by atoms with E-state index in [0.717, 1.165) is 31.7 Å². The van der Waals surface area contributed by atoms with Crippen molar-refractivity contribution < 1.29 is 9.53 Å². The highest BCUT2D eigenvalue weighted by Crippen LogP contribution is 2.16. The van der Waals surface area contributed by atoms with Crippen LogP contribution in [0.4, 0.5) is 5.69 Å². The van der Waals surface area contributed by atoms with E-state index >= 15 is 0 Å². The van der Waals surface area contributed by atoms with Gasteiger partial charge < -0.3 is 20.3 Å². The maximum atomic E-state index is 12.1. The van der Waals surface area contributed by atoms with Crippen molar-refractivity contribution in [2.24, 2.45) is 0 Å². The lowest BCUT2D eigenvalue weighted by atomic mass is 10.0. The molecule has 1 aromatic carbocycles. The van der Waals surface area contributed by atoms with Crippen LogP contribution >= 0.6 is 0 Å². The van der Waals surface area contributed by atoms with Gasteiger partial charge in [-0.2, -0.15) is 0 Å². The summed E-state index contributed by atoms with van der Waals surface area (Å²) >= 11 is 0. The van der Waals surface area contributed by atoms with Crippen LogP contribution < -0.4 is 10.5 Å². The Morgan fingerprint density at radius 3 is 2.48 bits per heavy atom. The van der Waals surface area contributed by atoms with E-state index in [1.807, 2.05) is 17.0 Å². The predicted molar refractivity (Wildman–Crippen MR) is 84.3 cm³/mol. The number of likely N-dealkylation sites (tertiary alicyclic amines) is 1. The highest BCUT2D eigenvalue weighted by molar-refractivity contribution is 5.76. The number of anilines is 1. The second-order valence-corrected chi connectivity index (χ2v) is 5.74. The topological polar surface area (TPSA) is 58.8 Å². The molecule has 0 bridgehead atoms. The van der Waals surface area contributed by atoms with E-state index in [0.29, 0.717) is 24.8 Å². The fourth-order valence-corrected chi connectivity index (χ4v) is 2.61. The van der Waals surface area contributed by atoms with Crippen molar-refractivity contribution in [3.63, 3.8) is 0 Å². The van der Waals surface area contributed by atoms with Crippen molar-refractivity contribution in [1.29, 1.82) is 0 Å². The first kappa shape index (κ1) is 15.6. The van der Waals surface area contributed by atoms with Crippen molar-refractivity contribution >= 4 is 11.6 Å². The first-order valence-electron chi connectivity index (χ1n) is 7.49. The molecule has 0 aliphatic carbocycles. The molecule has 2 N–H and O–H groups in total. The Morgan fingerprint density at radius 1 is 1.29 bits per heavy atom. The van der Waals surface area contributed by atoms with Crippen molar-refractivity contribution in [3.8, 4) is 5.75 Å². The van der Waals surface area contributed by atoms with Gasteiger partial charge in [0.2, 0.25) is 5.91 Å². The van der Waals surface area contributed by atoms with E-state index in [1.54, 1.807) is 12.1 Å². The highest BCUT2D eigenvalue weighted by atomic mass is 16.5. The van der Waals surface area contributed by atoms with E-state index < -0.39 is 0 Å². The molecule has 1 aliphatic rings. The highest BCUT2D eigenvalue weighted by Gasteiger charge is 2.23. The number of benzene rings is 1. The van der Waals surface area contributed by atoms with Gasteiger partial charge in [-0.1, -0.05) is 0 Å². The van der Waals surface area contributed by atoms with Crippen molar-refractivity contribution in [2.45, 2.75) is 25.3 Å². The van der Waals surface area contributed by atoms with Crippen LogP contribution in [-0.2, 0) is 4.79 Å². The molecular weight excluding hydrogens is 266 g/mol. The third kappa shape index (κ3) is 4.63. The van der Waals surface area contributed by atoms with Gasteiger partial charge >= 0.3 is 0 Å². The summed E-state index contributed by atoms with van der Waals surface area (Å²) in [5.41, 5.74) is 6.32. The van der Waals surface area contributed by atoms with Gasteiger partial charge in [-0.05, 0) is 51.2 Å². The van der Waals surface area contributed by atoms with Gasteiger partial charge in [-0.3, -0.25) is 4.79 Å². The fraction of sp³-hybridized carbons (Fsp3) is 0.562. The molecule has 0 aromatic heterocycles. The minimum absolute atomic E-state index is 0.183. The Morgan fingerprint density at radius 2 is 1.90 bits per heavy atom. The fourth-order valence-electron chi connectivity index (χ4n) is 2.61. The summed E-state index contributed by atoms with van der Waals surface area (Å²) in [6.07, 6.45) is 2.53. The number of nitrogens with zero attached hydrogens (tertiary/aromatic N) is 2. The zero-order chi connectivity index (χ0) is 15.2. The zero-order valence-electron chi connectivity index (χ0n) is 12.9. The molecule has 21 heavy (non-hydrogen) atoms. The summed E-state index contributed by atoms with van der Waals surface area (Å²) in [6, 6.07) is 7.83. The van der Waals surface area contributed by atoms with Crippen LogP contribution in [0, 0.1) is 0 Å². The SMILES string of the molecule is CN(C)C1CCN(C(=O)CCOc2ccc(N)cc2)CC1. The van der Waals surface area contributed by atoms with Gasteiger partial charge in [-0.15, -0.1) is 0 Å². The van der Waals surface area contributed by atoms with E-state index in [4.69, 9.17) is 10.5 Å². The maximum absolute atomic E-state index is 12.1. The molecule has 1 amide bonds. The molecule has 5 nitrogen and oxygen atoms in total. The summed E-state index contributed by atoms with van der Waals surface area (Å²) in [4.78, 5) is 16.3. The van der Waals surface area contributed by atoms with Crippen LogP contribution in [0.2, 0.25) is 0 Å². The number of nitrogens with two attached hydrogens (primary N) is 1. The summed E-state index contributed by atoms with van der Waals surface area (Å²) < 4.78 is 5.57. The van der Waals surface area contributed by atoms with E-state index in [9.17, 15) is 4.79 Å². The average molecular weight is 291 g/mol. The lowest BCUT2D eigenvalue weighted by molar-refractivity contribution is -0.133. The smallest absolute Gasteiger partial charge is 0.225 e. The second kappa shape index (κ2) is 7.31. The van der Waals surface area contributed by atoms with Crippen LogP contribution in [0.5, 0.6) is 5.75 Å². The van der Waals surface area contributed by atoms with Crippen LogP contribution in [0.25, 0.3) is 0 Å². The van der Waals surface area contributed by atoms with Crippen LogP contribution in [0.1, 0.15) is 19.3 Å². The number of nitrogen functional groups attached to an aromatic ring is 1. The molecule has 116 valence electrons. The lowest BCUT2D eigenvalue weighted by Gasteiger charge is -2.35. The molecule has 0 atom stereocenters.